The summed E-state index contributed by atoms with van der Waals surface area (Å²) in [4.78, 5) is 12.6. The molecule has 6 nitrogen and oxygen atoms in total. The topological polar surface area (TPSA) is 93.6 Å². The summed E-state index contributed by atoms with van der Waals surface area (Å²) in [6.07, 6.45) is -1.14. The largest absolute Gasteiger partial charge is 0.429 e. The van der Waals surface area contributed by atoms with Gasteiger partial charge in [-0.05, 0) is 13.8 Å². The zero-order chi connectivity index (χ0) is 10.8. The van der Waals surface area contributed by atoms with E-state index in [0.29, 0.717) is 6.54 Å². The van der Waals surface area contributed by atoms with E-state index in [4.69, 9.17) is 16.2 Å². The van der Waals surface area contributed by atoms with E-state index in [0.717, 1.165) is 13.1 Å². The van der Waals surface area contributed by atoms with Gasteiger partial charge in [0.15, 0.2) is 6.23 Å². The molecule has 5 N–H and O–H groups in total. The number of rotatable bonds is 2. The van der Waals surface area contributed by atoms with Gasteiger partial charge in [0.25, 0.3) is 0 Å². The van der Waals surface area contributed by atoms with Crippen LogP contribution < -0.4 is 16.8 Å². The Balaban J connectivity index is 2.64. The second kappa shape index (κ2) is 4.12. The first kappa shape index (κ1) is 11.2. The number of nitrogens with two attached hydrogens (primary N) is 2. The summed E-state index contributed by atoms with van der Waals surface area (Å²) in [5, 5.41) is 3.11. The number of primary amides is 1. The number of piperazine rings is 1. The molecule has 1 fully saturated rings. The zero-order valence-electron chi connectivity index (χ0n) is 8.62. The number of amides is 1. The standard InChI is InChI=1S/C8H18N4O2/c1-8(2,10)12-4-3-11-5-6(12)14-7(9)13/h6,11H,3-5,10H2,1-2H3,(H2,9,13). The van der Waals surface area contributed by atoms with Gasteiger partial charge in [-0.15, -0.1) is 0 Å². The van der Waals surface area contributed by atoms with Crippen molar-refractivity contribution in [3.63, 3.8) is 0 Å². The lowest BCUT2D eigenvalue weighted by Gasteiger charge is -2.43. The summed E-state index contributed by atoms with van der Waals surface area (Å²) < 4.78 is 4.95. The van der Waals surface area contributed by atoms with Gasteiger partial charge in [0.2, 0.25) is 0 Å². The molecule has 6 heteroatoms. The molecule has 0 spiro atoms. The van der Waals surface area contributed by atoms with Gasteiger partial charge in [-0.2, -0.15) is 0 Å². The third-order valence-corrected chi connectivity index (χ3v) is 2.19. The van der Waals surface area contributed by atoms with Crippen LogP contribution in [0.5, 0.6) is 0 Å². The SMILES string of the molecule is CC(C)(N)N1CCNCC1OC(N)=O. The van der Waals surface area contributed by atoms with Crippen LogP contribution in [0.4, 0.5) is 4.79 Å². The molecule has 1 saturated heterocycles. The van der Waals surface area contributed by atoms with Gasteiger partial charge in [0, 0.05) is 19.6 Å². The van der Waals surface area contributed by atoms with Gasteiger partial charge in [-0.25, -0.2) is 9.69 Å². The molecule has 1 amide bonds. The van der Waals surface area contributed by atoms with Gasteiger partial charge in [-0.1, -0.05) is 0 Å². The van der Waals surface area contributed by atoms with Crippen LogP contribution in [0.2, 0.25) is 0 Å². The highest BCUT2D eigenvalue weighted by Crippen LogP contribution is 2.14. The van der Waals surface area contributed by atoms with Crippen LogP contribution in [-0.4, -0.2) is 42.5 Å². The molecule has 0 aromatic rings. The van der Waals surface area contributed by atoms with E-state index in [2.05, 4.69) is 5.32 Å². The molecule has 1 atom stereocenters. The Morgan fingerprint density at radius 2 is 2.29 bits per heavy atom. The summed E-state index contributed by atoms with van der Waals surface area (Å²) >= 11 is 0. The number of carbonyl (C=O) groups excluding carboxylic acids is 1. The van der Waals surface area contributed by atoms with Crippen LogP contribution in [-0.2, 0) is 4.74 Å². The van der Waals surface area contributed by atoms with Crippen molar-refractivity contribution in [1.29, 1.82) is 0 Å². The van der Waals surface area contributed by atoms with E-state index >= 15 is 0 Å². The number of nitrogens with zero attached hydrogens (tertiary/aromatic N) is 1. The molecule has 0 saturated carbocycles. The van der Waals surface area contributed by atoms with Crippen molar-refractivity contribution in [2.75, 3.05) is 19.6 Å². The highest BCUT2D eigenvalue weighted by molar-refractivity contribution is 5.64. The fraction of sp³-hybridized carbons (Fsp3) is 0.875. The third-order valence-electron chi connectivity index (χ3n) is 2.19. The smallest absolute Gasteiger partial charge is 0.406 e. The Labute approximate surface area is 83.6 Å². The van der Waals surface area contributed by atoms with Crippen molar-refractivity contribution < 1.29 is 9.53 Å². The molecule has 0 bridgehead atoms. The van der Waals surface area contributed by atoms with Gasteiger partial charge in [0.05, 0.1) is 5.66 Å². The average molecular weight is 202 g/mol. The van der Waals surface area contributed by atoms with E-state index in [9.17, 15) is 4.79 Å². The number of nitrogens with one attached hydrogen (secondary N) is 1. The van der Waals surface area contributed by atoms with E-state index in [1.165, 1.54) is 0 Å². The normalized spacial score (nSPS) is 24.6. The molecule has 82 valence electrons. The van der Waals surface area contributed by atoms with Gasteiger partial charge < -0.3 is 21.5 Å². The maximum absolute atomic E-state index is 10.6. The van der Waals surface area contributed by atoms with Crippen LogP contribution >= 0.6 is 0 Å². The van der Waals surface area contributed by atoms with Crippen molar-refractivity contribution >= 4 is 6.09 Å². The average Bonchev–Trinajstić information content (AvgIpc) is 2.01. The molecular weight excluding hydrogens is 184 g/mol. The molecule has 0 radical (unpaired) electrons. The Kier molecular flexibility index (Phi) is 3.30. The van der Waals surface area contributed by atoms with Gasteiger partial charge >= 0.3 is 6.09 Å². The molecule has 0 aromatic carbocycles. The summed E-state index contributed by atoms with van der Waals surface area (Å²) in [5.74, 6) is 0. The first-order valence-electron chi connectivity index (χ1n) is 4.63. The molecule has 1 aliphatic rings. The van der Waals surface area contributed by atoms with E-state index in [1.54, 1.807) is 0 Å². The fourth-order valence-electron chi connectivity index (χ4n) is 1.58. The third kappa shape index (κ3) is 2.83. The first-order valence-corrected chi connectivity index (χ1v) is 4.63. The van der Waals surface area contributed by atoms with E-state index in [-0.39, 0.29) is 6.23 Å². The lowest BCUT2D eigenvalue weighted by atomic mass is 10.1. The second-order valence-electron chi connectivity index (χ2n) is 3.94. The molecule has 1 heterocycles. The predicted molar refractivity (Wildman–Crippen MR) is 52.3 cm³/mol. The van der Waals surface area contributed by atoms with Crippen molar-refractivity contribution in [2.45, 2.75) is 25.7 Å². The monoisotopic (exact) mass is 202 g/mol. The minimum atomic E-state index is -0.770. The summed E-state index contributed by atoms with van der Waals surface area (Å²) in [6.45, 7) is 5.87. The molecule has 1 rings (SSSR count). The molecule has 0 aliphatic carbocycles. The van der Waals surface area contributed by atoms with Crippen molar-refractivity contribution in [1.82, 2.24) is 10.2 Å². The number of hydrogen-bond acceptors (Lipinski definition) is 5. The Morgan fingerprint density at radius 3 is 2.79 bits per heavy atom. The van der Waals surface area contributed by atoms with Crippen LogP contribution in [0.25, 0.3) is 0 Å². The highest BCUT2D eigenvalue weighted by atomic mass is 16.6. The van der Waals surface area contributed by atoms with Crippen molar-refractivity contribution in [3.8, 4) is 0 Å². The molecule has 1 unspecified atom stereocenters. The molecular formula is C8H18N4O2. The fourth-order valence-corrected chi connectivity index (χ4v) is 1.58. The maximum Gasteiger partial charge on any atom is 0.406 e. The zero-order valence-corrected chi connectivity index (χ0v) is 8.62. The quantitative estimate of drug-likeness (QED) is 0.534. The summed E-state index contributed by atoms with van der Waals surface area (Å²) in [5.41, 5.74) is 10.4. The maximum atomic E-state index is 10.6. The van der Waals surface area contributed by atoms with Crippen LogP contribution in [0.15, 0.2) is 0 Å². The Morgan fingerprint density at radius 1 is 1.64 bits per heavy atom. The highest BCUT2D eigenvalue weighted by Gasteiger charge is 2.33. The number of carbonyl (C=O) groups is 1. The van der Waals surface area contributed by atoms with E-state index < -0.39 is 11.8 Å². The number of hydrogen-bond donors (Lipinski definition) is 3. The minimum absolute atomic E-state index is 0.374. The van der Waals surface area contributed by atoms with Crippen LogP contribution in [0.1, 0.15) is 13.8 Å². The van der Waals surface area contributed by atoms with Crippen molar-refractivity contribution in [3.05, 3.63) is 0 Å². The minimum Gasteiger partial charge on any atom is -0.429 e. The summed E-state index contributed by atoms with van der Waals surface area (Å²) in [6, 6.07) is 0. The molecule has 0 aromatic heterocycles. The second-order valence-corrected chi connectivity index (χ2v) is 3.94. The Hall–Kier alpha value is -0.850. The van der Waals surface area contributed by atoms with E-state index in [1.807, 2.05) is 18.7 Å². The lowest BCUT2D eigenvalue weighted by molar-refractivity contribution is -0.0721. The van der Waals surface area contributed by atoms with Gasteiger partial charge in [0.1, 0.15) is 0 Å². The van der Waals surface area contributed by atoms with Crippen LogP contribution in [0.3, 0.4) is 0 Å². The summed E-state index contributed by atoms with van der Waals surface area (Å²) in [7, 11) is 0. The molecule has 1 aliphatic heterocycles. The predicted octanol–water partition coefficient (Wildman–Crippen LogP) is -0.992. The Bertz CT molecular complexity index is 214. The molecule has 14 heavy (non-hydrogen) atoms. The van der Waals surface area contributed by atoms with Gasteiger partial charge in [-0.3, -0.25) is 0 Å². The number of ether oxygens (including phenoxy) is 1. The van der Waals surface area contributed by atoms with Crippen LogP contribution in [0, 0.1) is 0 Å². The first-order chi connectivity index (χ1) is 6.41. The van der Waals surface area contributed by atoms with Crippen molar-refractivity contribution in [2.24, 2.45) is 11.5 Å². The lowest BCUT2D eigenvalue weighted by Crippen LogP contribution is -2.64.